The largest absolute Gasteiger partial charge is 0.416 e. The van der Waals surface area contributed by atoms with E-state index in [4.69, 9.17) is 23.2 Å². The molecule has 2 atom stereocenters. The maximum atomic E-state index is 13.3. The fourth-order valence-corrected chi connectivity index (χ4v) is 4.33. The Morgan fingerprint density at radius 2 is 1.68 bits per heavy atom. The summed E-state index contributed by atoms with van der Waals surface area (Å²) in [5, 5.41) is 24.6. The molecule has 0 amide bonds. The molecule has 4 aromatic rings. The minimum Gasteiger partial charge on any atom is -0.385 e. The molecule has 0 saturated carbocycles. The first-order chi connectivity index (χ1) is 17.4. The van der Waals surface area contributed by atoms with Crippen LogP contribution in [0.3, 0.4) is 0 Å². The standard InChI is InChI=1S/C24H22Cl2F3N5O3/c1-13-5-3-4-6-17(13)34-22(14(2)35)30-19(31-34)12-33-21(26)20(15-7-9-16(25)10-8-15)32(23(33)37)11-18(36)24(27,28)29/h3-10,14,18,35-36H,11-12H2,1-2H3/t14-,18?/m0/s1. The van der Waals surface area contributed by atoms with Crippen molar-refractivity contribution in [1.82, 2.24) is 23.9 Å². The molecule has 2 aromatic heterocycles. The summed E-state index contributed by atoms with van der Waals surface area (Å²) in [5.74, 6) is 0.303. The molecule has 2 heterocycles. The number of imidazole rings is 1. The van der Waals surface area contributed by atoms with E-state index in [0.29, 0.717) is 16.3 Å². The zero-order chi connectivity index (χ0) is 27.1. The number of aliphatic hydroxyl groups excluding tert-OH is 2. The van der Waals surface area contributed by atoms with Crippen molar-refractivity contribution < 1.29 is 23.4 Å². The third kappa shape index (κ3) is 5.45. The summed E-state index contributed by atoms with van der Waals surface area (Å²) in [6, 6.07) is 13.3. The highest BCUT2D eigenvalue weighted by Crippen LogP contribution is 2.31. The summed E-state index contributed by atoms with van der Waals surface area (Å²) in [4.78, 5) is 17.6. The summed E-state index contributed by atoms with van der Waals surface area (Å²) < 4.78 is 42.7. The van der Waals surface area contributed by atoms with E-state index < -0.39 is 30.6 Å². The number of alkyl halides is 3. The van der Waals surface area contributed by atoms with Crippen LogP contribution >= 0.6 is 23.2 Å². The number of aryl methyl sites for hydroxylation is 1. The highest BCUT2D eigenvalue weighted by molar-refractivity contribution is 6.32. The van der Waals surface area contributed by atoms with Crippen LogP contribution in [-0.4, -0.2) is 46.4 Å². The van der Waals surface area contributed by atoms with E-state index >= 15 is 0 Å². The Labute approximate surface area is 219 Å². The number of halogens is 5. The predicted molar refractivity (Wildman–Crippen MR) is 132 cm³/mol. The highest BCUT2D eigenvalue weighted by Gasteiger charge is 2.39. The van der Waals surface area contributed by atoms with Gasteiger partial charge in [0, 0.05) is 10.6 Å². The summed E-state index contributed by atoms with van der Waals surface area (Å²) >= 11 is 12.5. The van der Waals surface area contributed by atoms with Crippen molar-refractivity contribution in [2.45, 2.75) is 45.3 Å². The molecule has 4 rings (SSSR count). The van der Waals surface area contributed by atoms with Gasteiger partial charge < -0.3 is 10.2 Å². The van der Waals surface area contributed by atoms with Gasteiger partial charge in [0.1, 0.15) is 11.3 Å². The molecule has 0 saturated heterocycles. The van der Waals surface area contributed by atoms with Crippen molar-refractivity contribution in [2.24, 2.45) is 0 Å². The summed E-state index contributed by atoms with van der Waals surface area (Å²) in [5.41, 5.74) is 0.907. The average Bonchev–Trinajstić information content (AvgIpc) is 3.35. The van der Waals surface area contributed by atoms with Crippen LogP contribution in [0, 0.1) is 6.92 Å². The molecule has 0 aliphatic carbocycles. The first kappa shape index (κ1) is 26.9. The molecule has 0 aliphatic heterocycles. The zero-order valence-electron chi connectivity index (χ0n) is 19.6. The fourth-order valence-electron chi connectivity index (χ4n) is 3.86. The Hall–Kier alpha value is -3.12. The Morgan fingerprint density at radius 3 is 2.27 bits per heavy atom. The molecule has 0 bridgehead atoms. The van der Waals surface area contributed by atoms with Gasteiger partial charge in [-0.05, 0) is 37.6 Å². The van der Waals surface area contributed by atoms with Crippen LogP contribution in [0.4, 0.5) is 13.2 Å². The molecule has 0 aliphatic rings. The van der Waals surface area contributed by atoms with Crippen LogP contribution in [0.25, 0.3) is 16.9 Å². The molecule has 0 radical (unpaired) electrons. The van der Waals surface area contributed by atoms with Crippen LogP contribution in [-0.2, 0) is 13.1 Å². The fraction of sp³-hybridized carbons (Fsp3) is 0.292. The minimum absolute atomic E-state index is 0.0271. The maximum Gasteiger partial charge on any atom is 0.416 e. The van der Waals surface area contributed by atoms with Gasteiger partial charge in [0.05, 0.1) is 24.5 Å². The normalized spacial score (nSPS) is 13.6. The Kier molecular flexibility index (Phi) is 7.52. The molecule has 2 N–H and O–H groups in total. The number of aliphatic hydroxyl groups is 2. The minimum atomic E-state index is -4.95. The van der Waals surface area contributed by atoms with Crippen LogP contribution in [0.15, 0.2) is 53.3 Å². The third-order valence-corrected chi connectivity index (χ3v) is 6.34. The molecule has 8 nitrogen and oxygen atoms in total. The number of rotatable bonds is 7. The predicted octanol–water partition coefficient (Wildman–Crippen LogP) is 4.54. The van der Waals surface area contributed by atoms with Gasteiger partial charge >= 0.3 is 11.9 Å². The van der Waals surface area contributed by atoms with Gasteiger partial charge in [-0.25, -0.2) is 14.5 Å². The summed E-state index contributed by atoms with van der Waals surface area (Å²) in [6.07, 6.45) is -8.77. The molecule has 13 heteroatoms. The number of para-hydroxylation sites is 1. The number of benzene rings is 2. The van der Waals surface area contributed by atoms with Crippen molar-refractivity contribution in [3.63, 3.8) is 0 Å². The lowest BCUT2D eigenvalue weighted by Gasteiger charge is -2.16. The summed E-state index contributed by atoms with van der Waals surface area (Å²) in [6.45, 7) is 1.99. The Bertz CT molecular complexity index is 1480. The van der Waals surface area contributed by atoms with Gasteiger partial charge in [-0.2, -0.15) is 13.2 Å². The van der Waals surface area contributed by atoms with E-state index in [-0.39, 0.29) is 29.0 Å². The van der Waals surface area contributed by atoms with E-state index in [9.17, 15) is 28.2 Å². The smallest absolute Gasteiger partial charge is 0.385 e. The molecule has 37 heavy (non-hydrogen) atoms. The lowest BCUT2D eigenvalue weighted by molar-refractivity contribution is -0.207. The monoisotopic (exact) mass is 555 g/mol. The van der Waals surface area contributed by atoms with E-state index in [1.54, 1.807) is 12.1 Å². The van der Waals surface area contributed by atoms with Crippen molar-refractivity contribution >= 4 is 23.2 Å². The van der Waals surface area contributed by atoms with Gasteiger partial charge in [0.2, 0.25) is 0 Å². The van der Waals surface area contributed by atoms with Gasteiger partial charge in [0.25, 0.3) is 0 Å². The average molecular weight is 556 g/mol. The number of hydrogen-bond acceptors (Lipinski definition) is 5. The molecular formula is C24H22Cl2F3N5O3. The third-order valence-electron chi connectivity index (χ3n) is 5.71. The van der Waals surface area contributed by atoms with Gasteiger partial charge in [-0.3, -0.25) is 9.13 Å². The van der Waals surface area contributed by atoms with Crippen molar-refractivity contribution in [1.29, 1.82) is 0 Å². The van der Waals surface area contributed by atoms with E-state index in [2.05, 4.69) is 10.1 Å². The van der Waals surface area contributed by atoms with Crippen LogP contribution in [0.2, 0.25) is 10.2 Å². The topological polar surface area (TPSA) is 98.1 Å². The summed E-state index contributed by atoms with van der Waals surface area (Å²) in [7, 11) is 0. The quantitative estimate of drug-likeness (QED) is 0.349. The second-order valence-electron chi connectivity index (χ2n) is 8.44. The number of aromatic nitrogens is 5. The Balaban J connectivity index is 1.83. The van der Waals surface area contributed by atoms with Gasteiger partial charge in [-0.15, -0.1) is 5.10 Å². The zero-order valence-corrected chi connectivity index (χ0v) is 21.1. The molecule has 0 spiro atoms. The molecule has 2 aromatic carbocycles. The van der Waals surface area contributed by atoms with Crippen molar-refractivity contribution in [3.8, 4) is 16.9 Å². The van der Waals surface area contributed by atoms with E-state index in [1.165, 1.54) is 35.9 Å². The second kappa shape index (κ2) is 10.3. The number of hydrogen-bond donors (Lipinski definition) is 2. The van der Waals surface area contributed by atoms with Crippen LogP contribution in [0.5, 0.6) is 0 Å². The first-order valence-corrected chi connectivity index (χ1v) is 11.8. The van der Waals surface area contributed by atoms with E-state index in [1.807, 2.05) is 19.1 Å². The SMILES string of the molecule is Cc1ccccc1-n1nc(Cn2c(Cl)c(-c3ccc(Cl)cc3)n(CC(O)C(F)(F)F)c2=O)nc1[C@H](C)O. The van der Waals surface area contributed by atoms with E-state index in [0.717, 1.165) is 14.7 Å². The number of nitrogens with zero attached hydrogens (tertiary/aromatic N) is 5. The first-order valence-electron chi connectivity index (χ1n) is 11.1. The van der Waals surface area contributed by atoms with Gasteiger partial charge in [-0.1, -0.05) is 53.5 Å². The van der Waals surface area contributed by atoms with Crippen molar-refractivity contribution in [2.75, 3.05) is 0 Å². The van der Waals surface area contributed by atoms with Crippen LogP contribution < -0.4 is 5.69 Å². The van der Waals surface area contributed by atoms with Crippen LogP contribution in [0.1, 0.15) is 30.2 Å². The van der Waals surface area contributed by atoms with Crippen molar-refractivity contribution in [3.05, 3.63) is 86.4 Å². The highest BCUT2D eigenvalue weighted by atomic mass is 35.5. The van der Waals surface area contributed by atoms with Gasteiger partial charge in [0.15, 0.2) is 17.8 Å². The maximum absolute atomic E-state index is 13.3. The lowest BCUT2D eigenvalue weighted by atomic mass is 10.1. The second-order valence-corrected chi connectivity index (χ2v) is 9.24. The lowest BCUT2D eigenvalue weighted by Crippen LogP contribution is -2.37. The Morgan fingerprint density at radius 1 is 1.03 bits per heavy atom. The molecule has 0 fully saturated rings. The molecular weight excluding hydrogens is 534 g/mol. The molecule has 196 valence electrons. The molecule has 1 unspecified atom stereocenters.